The molecule has 0 aliphatic heterocycles. The molecule has 12 nitrogen and oxygen atoms in total. The standard InChI is InChI=1S/C25H50N3O2.2C6H9O2.C3H5.3Co.3O/c1-2-30-25(29)28-23-17-11-14-20-24(19-13-8-6-10-16-22-27)18-12-7-4-3-5-9-15-21-26;2*1-4-8-6(7)5(2)3;1-3-2;;;;;;/h24,26-27H,1-23H2,(H,28,29);2*1-2,4H2,3H3;1H2,2H3;;;;;;/q-2;;;;;2*+1;;;. The number of nitrogens with one attached hydrogen (secondary N) is 3. The zero-order chi connectivity index (χ0) is 41.1. The minimum absolute atomic E-state index is 0.128. The summed E-state index contributed by atoms with van der Waals surface area (Å²) in [4.78, 5) is 34.7. The van der Waals surface area contributed by atoms with Crippen molar-refractivity contribution in [2.24, 2.45) is 5.92 Å². The van der Waals surface area contributed by atoms with Crippen LogP contribution >= 0.6 is 0 Å². The van der Waals surface area contributed by atoms with Crippen LogP contribution in [0.15, 0.2) is 35.4 Å². The Morgan fingerprint density at radius 3 is 1.29 bits per heavy atom. The van der Waals surface area contributed by atoms with Crippen LogP contribution in [-0.2, 0) is 76.6 Å². The molecule has 0 aromatic carbocycles. The molecule has 0 radical (unpaired) electrons. The van der Waals surface area contributed by atoms with E-state index < -0.39 is 59.2 Å². The summed E-state index contributed by atoms with van der Waals surface area (Å²) < 4.78 is 57.7. The van der Waals surface area contributed by atoms with Gasteiger partial charge in [0.1, 0.15) is 0 Å². The molecule has 329 valence electrons. The number of unbranched alkanes of at least 4 members (excludes halogenated alkanes) is 12. The van der Waals surface area contributed by atoms with Gasteiger partial charge in [0.05, 0.1) is 0 Å². The van der Waals surface area contributed by atoms with E-state index in [1.165, 1.54) is 64.2 Å². The molecule has 0 aromatic heterocycles. The van der Waals surface area contributed by atoms with E-state index in [4.69, 9.17) is 14.2 Å². The summed E-state index contributed by atoms with van der Waals surface area (Å²) >= 11 is -4.61. The second kappa shape index (κ2) is 36.6. The van der Waals surface area contributed by atoms with Gasteiger partial charge in [0, 0.05) is 0 Å². The molecule has 15 heteroatoms. The van der Waals surface area contributed by atoms with Crippen molar-refractivity contribution in [1.82, 2.24) is 14.0 Å². The molecule has 55 heavy (non-hydrogen) atoms. The van der Waals surface area contributed by atoms with Gasteiger partial charge in [-0.05, 0) is 0 Å². The van der Waals surface area contributed by atoms with Gasteiger partial charge in [0.2, 0.25) is 0 Å². The topological polar surface area (TPSA) is 166 Å². The number of hydrogen-bond acceptors (Lipinski definition) is 9. The fourth-order valence-electron chi connectivity index (χ4n) is 5.32. The Morgan fingerprint density at radius 2 is 0.873 bits per heavy atom. The van der Waals surface area contributed by atoms with Crippen LogP contribution in [0.2, 0.25) is 16.1 Å². The number of amides is 1. The number of carbonyl (C=O) groups excluding carboxylic acids is 3. The molecule has 0 spiro atoms. The van der Waals surface area contributed by atoms with Gasteiger partial charge in [-0.3, -0.25) is 0 Å². The van der Waals surface area contributed by atoms with Gasteiger partial charge in [-0.25, -0.2) is 0 Å². The van der Waals surface area contributed by atoms with Gasteiger partial charge in [-0.1, -0.05) is 0 Å². The van der Waals surface area contributed by atoms with Crippen LogP contribution in [0.3, 0.4) is 0 Å². The van der Waals surface area contributed by atoms with E-state index in [9.17, 15) is 26.0 Å². The second-order valence-corrected chi connectivity index (χ2v) is 19.5. The van der Waals surface area contributed by atoms with Crippen molar-refractivity contribution in [3.8, 4) is 0 Å². The summed E-state index contributed by atoms with van der Waals surface area (Å²) in [6.07, 6.45) is 20.1. The molecule has 0 aliphatic rings. The molecule has 1 unspecified atom stereocenters. The quantitative estimate of drug-likeness (QED) is 0.0234. The predicted molar refractivity (Wildman–Crippen MR) is 205 cm³/mol. The molecule has 0 saturated carbocycles. The Morgan fingerprint density at radius 1 is 0.509 bits per heavy atom. The maximum absolute atomic E-state index is 12.1. The third-order valence-electron chi connectivity index (χ3n) is 8.44. The molecular weight excluding hydrogens is 843 g/mol. The van der Waals surface area contributed by atoms with E-state index in [0.717, 1.165) is 51.4 Å². The molecule has 0 heterocycles. The van der Waals surface area contributed by atoms with Gasteiger partial charge in [0.25, 0.3) is 0 Å². The summed E-state index contributed by atoms with van der Waals surface area (Å²) in [6.45, 7) is 18.0. The Kier molecular flexibility index (Phi) is 35.4. The average Bonchev–Trinajstić information content (AvgIpc) is 3.13. The van der Waals surface area contributed by atoms with Crippen molar-refractivity contribution in [3.63, 3.8) is 0 Å². The van der Waals surface area contributed by atoms with Crippen molar-refractivity contribution in [1.29, 1.82) is 0 Å². The predicted octanol–water partition coefficient (Wildman–Crippen LogP) is 9.28. The van der Waals surface area contributed by atoms with Crippen LogP contribution in [-0.4, -0.2) is 57.5 Å². The number of alkyl carbamates (subject to hydrolysis) is 1. The molecule has 1 atom stereocenters. The van der Waals surface area contributed by atoms with Crippen LogP contribution < -0.4 is 14.0 Å². The van der Waals surface area contributed by atoms with Crippen LogP contribution in [0.1, 0.15) is 136 Å². The SMILES string of the molecule is C=C(C)C(=O)OC[CH2][Co](=[O])[NH]CCCCCCCCCC(CCCCCCC[NH][Co](=[O])[CH2]COC(=O)C(=C)C)CCCCCNC(=O)OC[CH2][Co](=[O])[C](=C)C. The monoisotopic (exact) mass is 916 g/mol. The number of esters is 2. The number of hydrogen-bond donors (Lipinski definition) is 3. The number of ether oxygens (including phenoxy) is 3. The third kappa shape index (κ3) is 35.2. The van der Waals surface area contributed by atoms with E-state index in [-0.39, 0.29) is 19.8 Å². The van der Waals surface area contributed by atoms with Crippen molar-refractivity contribution in [2.45, 2.75) is 152 Å². The van der Waals surface area contributed by atoms with E-state index in [1.54, 1.807) is 20.8 Å². The molecule has 0 rings (SSSR count). The van der Waals surface area contributed by atoms with Crippen LogP contribution in [0, 0.1) is 5.92 Å². The number of carbonyl (C=O) groups is 3. The normalized spacial score (nSPS) is 12.3. The van der Waals surface area contributed by atoms with Crippen molar-refractivity contribution >= 4 is 18.0 Å². The summed E-state index contributed by atoms with van der Waals surface area (Å²) in [7, 11) is 0. The Balaban J connectivity index is 4.27. The van der Waals surface area contributed by atoms with Gasteiger partial charge in [-0.15, -0.1) is 0 Å². The van der Waals surface area contributed by atoms with Gasteiger partial charge in [0.15, 0.2) is 0 Å². The molecule has 3 N–H and O–H groups in total. The maximum atomic E-state index is 12.1. The van der Waals surface area contributed by atoms with E-state index >= 15 is 0 Å². The minimum atomic E-state index is -1.56. The van der Waals surface area contributed by atoms with E-state index in [1.807, 2.05) is 0 Å². The Hall–Kier alpha value is -1.73. The average molecular weight is 917 g/mol. The van der Waals surface area contributed by atoms with Crippen LogP contribution in [0.25, 0.3) is 0 Å². The second-order valence-electron chi connectivity index (χ2n) is 13.7. The van der Waals surface area contributed by atoms with E-state index in [0.29, 0.717) is 57.3 Å². The Bertz CT molecular complexity index is 1200. The van der Waals surface area contributed by atoms with E-state index in [2.05, 4.69) is 33.8 Å². The number of allylic oxidation sites excluding steroid dienone is 1. The first-order valence-corrected chi connectivity index (χ1v) is 24.8. The summed E-state index contributed by atoms with van der Waals surface area (Å²) in [5.74, 6) is -0.194. The fraction of sp³-hybridized carbons (Fsp3) is 0.775. The van der Waals surface area contributed by atoms with Crippen LogP contribution in [0.5, 0.6) is 0 Å². The molecule has 0 saturated heterocycles. The molecule has 0 fully saturated rings. The first kappa shape index (κ1) is 53.3. The molecule has 0 aliphatic carbocycles. The van der Waals surface area contributed by atoms with Crippen molar-refractivity contribution in [2.75, 3.05) is 39.5 Å². The number of rotatable bonds is 38. The van der Waals surface area contributed by atoms with Gasteiger partial charge < -0.3 is 0 Å². The fourth-order valence-corrected chi connectivity index (χ4v) is 7.97. The van der Waals surface area contributed by atoms with Gasteiger partial charge >= 0.3 is 347 Å². The van der Waals surface area contributed by atoms with Gasteiger partial charge in [-0.2, -0.15) is 0 Å². The zero-order valence-corrected chi connectivity index (χ0v) is 37.1. The summed E-state index contributed by atoms with van der Waals surface area (Å²) in [5, 5.41) is 3.71. The zero-order valence-electron chi connectivity index (χ0n) is 34.0. The first-order chi connectivity index (χ1) is 26.3. The Labute approximate surface area is 344 Å². The van der Waals surface area contributed by atoms with Crippen molar-refractivity contribution in [3.05, 3.63) is 35.4 Å². The molecule has 0 bridgehead atoms. The first-order valence-electron chi connectivity index (χ1n) is 19.8. The molecular formula is C40H73Co3N3O9. The third-order valence-corrected chi connectivity index (χ3v) is 12.8. The summed E-state index contributed by atoms with van der Waals surface area (Å²) in [5.41, 5.74) is 0.682. The molecule has 0 aromatic rings. The molecule has 1 amide bonds. The van der Waals surface area contributed by atoms with Crippen LogP contribution in [0.4, 0.5) is 4.79 Å². The van der Waals surface area contributed by atoms with Crippen molar-refractivity contribution < 1.29 is 81.4 Å². The summed E-state index contributed by atoms with van der Waals surface area (Å²) in [6, 6.07) is 0.